The van der Waals surface area contributed by atoms with E-state index in [2.05, 4.69) is 16.4 Å². The molecule has 0 saturated carbocycles. The molecule has 0 amide bonds. The second kappa shape index (κ2) is 4.59. The van der Waals surface area contributed by atoms with E-state index >= 15 is 0 Å². The highest BCUT2D eigenvalue weighted by molar-refractivity contribution is 7.22. The van der Waals surface area contributed by atoms with Crippen molar-refractivity contribution in [2.75, 3.05) is 11.9 Å². The molecule has 0 aliphatic heterocycles. The quantitative estimate of drug-likeness (QED) is 0.833. The van der Waals surface area contributed by atoms with E-state index in [9.17, 15) is 0 Å². The summed E-state index contributed by atoms with van der Waals surface area (Å²) in [6.07, 6.45) is 0.968. The highest BCUT2D eigenvalue weighted by Gasteiger charge is 2.02. The third-order valence-corrected chi connectivity index (χ3v) is 3.16. The molecule has 4 heteroatoms. The van der Waals surface area contributed by atoms with Gasteiger partial charge in [0.25, 0.3) is 0 Å². The lowest BCUT2D eigenvalue weighted by Crippen LogP contribution is -2.19. The molecule has 0 spiro atoms. The fraction of sp³-hybridized carbons (Fsp3) is 0.364. The van der Waals surface area contributed by atoms with E-state index in [-0.39, 0.29) is 6.04 Å². The fourth-order valence-corrected chi connectivity index (χ4v) is 2.25. The Morgan fingerprint density at radius 2 is 2.27 bits per heavy atom. The number of hydrogen-bond donors (Lipinski definition) is 2. The Hall–Kier alpha value is -1.13. The minimum Gasteiger partial charge on any atom is -0.361 e. The number of thiazole rings is 1. The largest absolute Gasteiger partial charge is 0.361 e. The molecule has 1 unspecified atom stereocenters. The summed E-state index contributed by atoms with van der Waals surface area (Å²) in [4.78, 5) is 4.48. The Kier molecular flexibility index (Phi) is 3.18. The maximum absolute atomic E-state index is 5.67. The molecular weight excluding hydrogens is 206 g/mol. The number of nitrogens with two attached hydrogens (primary N) is 1. The third-order valence-electron chi connectivity index (χ3n) is 2.17. The minimum absolute atomic E-state index is 0.242. The van der Waals surface area contributed by atoms with Gasteiger partial charge in [0.15, 0.2) is 5.13 Å². The first kappa shape index (κ1) is 10.4. The minimum atomic E-state index is 0.242. The average molecular weight is 221 g/mol. The van der Waals surface area contributed by atoms with Gasteiger partial charge in [0.05, 0.1) is 10.2 Å². The number of aromatic nitrogens is 1. The van der Waals surface area contributed by atoms with Crippen LogP contribution in [-0.4, -0.2) is 17.6 Å². The van der Waals surface area contributed by atoms with Gasteiger partial charge in [-0.15, -0.1) is 0 Å². The van der Waals surface area contributed by atoms with Gasteiger partial charge in [-0.3, -0.25) is 0 Å². The summed E-state index contributed by atoms with van der Waals surface area (Å²) < 4.78 is 1.22. The predicted molar refractivity (Wildman–Crippen MR) is 66.4 cm³/mol. The molecule has 15 heavy (non-hydrogen) atoms. The predicted octanol–water partition coefficient (Wildman–Crippen LogP) is 2.45. The molecule has 3 nitrogen and oxygen atoms in total. The number of anilines is 1. The summed E-state index contributed by atoms with van der Waals surface area (Å²) in [5.41, 5.74) is 6.74. The van der Waals surface area contributed by atoms with Crippen LogP contribution in [0.4, 0.5) is 5.13 Å². The van der Waals surface area contributed by atoms with Gasteiger partial charge in [0, 0.05) is 12.6 Å². The Labute approximate surface area is 93.3 Å². The second-order valence-electron chi connectivity index (χ2n) is 3.68. The van der Waals surface area contributed by atoms with Crippen molar-refractivity contribution in [2.45, 2.75) is 19.4 Å². The van der Waals surface area contributed by atoms with Gasteiger partial charge < -0.3 is 11.1 Å². The van der Waals surface area contributed by atoms with Crippen molar-refractivity contribution in [3.8, 4) is 0 Å². The zero-order chi connectivity index (χ0) is 10.7. The normalized spacial score (nSPS) is 12.9. The van der Waals surface area contributed by atoms with Crippen LogP contribution in [0, 0.1) is 0 Å². The number of hydrogen-bond acceptors (Lipinski definition) is 4. The number of nitrogens with one attached hydrogen (secondary N) is 1. The second-order valence-corrected chi connectivity index (χ2v) is 4.71. The maximum Gasteiger partial charge on any atom is 0.183 e. The molecule has 3 N–H and O–H groups in total. The molecule has 1 heterocycles. The Bertz CT molecular complexity index is 403. The van der Waals surface area contributed by atoms with Gasteiger partial charge in [-0.05, 0) is 25.5 Å². The van der Waals surface area contributed by atoms with Crippen LogP contribution in [-0.2, 0) is 0 Å². The average Bonchev–Trinajstić information content (AvgIpc) is 2.59. The van der Waals surface area contributed by atoms with Crippen molar-refractivity contribution in [1.82, 2.24) is 4.98 Å². The lowest BCUT2D eigenvalue weighted by atomic mass is 10.2. The molecule has 0 aliphatic rings. The van der Waals surface area contributed by atoms with Crippen LogP contribution in [0.15, 0.2) is 24.3 Å². The van der Waals surface area contributed by atoms with Crippen LogP contribution in [0.3, 0.4) is 0 Å². The standard InChI is InChI=1S/C11H15N3S/c1-8(12)6-7-13-11-14-9-4-2-3-5-10(9)15-11/h2-5,8H,6-7,12H2,1H3,(H,13,14). The molecule has 1 atom stereocenters. The Morgan fingerprint density at radius 3 is 3.00 bits per heavy atom. The lowest BCUT2D eigenvalue weighted by Gasteiger charge is -2.04. The molecule has 0 fully saturated rings. The fourth-order valence-electron chi connectivity index (χ4n) is 1.35. The summed E-state index contributed by atoms with van der Waals surface area (Å²) >= 11 is 1.69. The van der Waals surface area contributed by atoms with Crippen molar-refractivity contribution in [1.29, 1.82) is 0 Å². The first-order valence-electron chi connectivity index (χ1n) is 5.11. The monoisotopic (exact) mass is 221 g/mol. The molecule has 80 valence electrons. The molecule has 2 rings (SSSR count). The smallest absolute Gasteiger partial charge is 0.183 e. The zero-order valence-electron chi connectivity index (χ0n) is 8.73. The topological polar surface area (TPSA) is 50.9 Å². The molecule has 1 aromatic carbocycles. The third kappa shape index (κ3) is 2.67. The van der Waals surface area contributed by atoms with Crippen LogP contribution in [0.25, 0.3) is 10.2 Å². The summed E-state index contributed by atoms with van der Waals surface area (Å²) in [5, 5.41) is 4.28. The summed E-state index contributed by atoms with van der Waals surface area (Å²) in [6, 6.07) is 8.40. The Morgan fingerprint density at radius 1 is 1.47 bits per heavy atom. The van der Waals surface area contributed by atoms with Gasteiger partial charge in [0.2, 0.25) is 0 Å². The van der Waals surface area contributed by atoms with E-state index in [4.69, 9.17) is 5.73 Å². The SMILES string of the molecule is CC(N)CCNc1nc2ccccc2s1. The van der Waals surface area contributed by atoms with Gasteiger partial charge in [-0.2, -0.15) is 0 Å². The zero-order valence-corrected chi connectivity index (χ0v) is 9.55. The van der Waals surface area contributed by atoms with E-state index in [1.807, 2.05) is 25.1 Å². The van der Waals surface area contributed by atoms with E-state index in [0.717, 1.165) is 23.6 Å². The van der Waals surface area contributed by atoms with Crippen molar-refractivity contribution >= 4 is 26.7 Å². The molecule has 0 aliphatic carbocycles. The molecule has 2 aromatic rings. The highest BCUT2D eigenvalue weighted by atomic mass is 32.1. The summed E-state index contributed by atoms with van der Waals surface area (Å²) in [5.74, 6) is 0. The maximum atomic E-state index is 5.67. The molecule has 0 saturated heterocycles. The van der Waals surface area contributed by atoms with E-state index in [1.54, 1.807) is 11.3 Å². The Balaban J connectivity index is 2.03. The lowest BCUT2D eigenvalue weighted by molar-refractivity contribution is 0.690. The summed E-state index contributed by atoms with van der Waals surface area (Å²) in [6.45, 7) is 2.90. The molecular formula is C11H15N3S. The number of fused-ring (bicyclic) bond motifs is 1. The van der Waals surface area contributed by atoms with Gasteiger partial charge in [-0.25, -0.2) is 4.98 Å². The van der Waals surface area contributed by atoms with Crippen molar-refractivity contribution < 1.29 is 0 Å². The van der Waals surface area contributed by atoms with E-state index in [0.29, 0.717) is 0 Å². The first-order valence-corrected chi connectivity index (χ1v) is 5.92. The van der Waals surface area contributed by atoms with E-state index < -0.39 is 0 Å². The molecule has 0 radical (unpaired) electrons. The highest BCUT2D eigenvalue weighted by Crippen LogP contribution is 2.25. The van der Waals surface area contributed by atoms with Crippen LogP contribution < -0.4 is 11.1 Å². The molecule has 0 bridgehead atoms. The van der Waals surface area contributed by atoms with Gasteiger partial charge in [-0.1, -0.05) is 23.5 Å². The number of benzene rings is 1. The van der Waals surface area contributed by atoms with Crippen molar-refractivity contribution in [3.63, 3.8) is 0 Å². The molecule has 1 aromatic heterocycles. The first-order chi connectivity index (χ1) is 7.25. The van der Waals surface area contributed by atoms with Gasteiger partial charge >= 0.3 is 0 Å². The van der Waals surface area contributed by atoms with Gasteiger partial charge in [0.1, 0.15) is 0 Å². The summed E-state index contributed by atoms with van der Waals surface area (Å²) in [7, 11) is 0. The van der Waals surface area contributed by atoms with Crippen LogP contribution >= 0.6 is 11.3 Å². The van der Waals surface area contributed by atoms with Crippen LogP contribution in [0.1, 0.15) is 13.3 Å². The number of rotatable bonds is 4. The van der Waals surface area contributed by atoms with E-state index in [1.165, 1.54) is 4.70 Å². The van der Waals surface area contributed by atoms with Crippen LogP contribution in [0.5, 0.6) is 0 Å². The number of para-hydroxylation sites is 1. The van der Waals surface area contributed by atoms with Crippen molar-refractivity contribution in [3.05, 3.63) is 24.3 Å². The number of nitrogens with zero attached hydrogens (tertiary/aromatic N) is 1. The van der Waals surface area contributed by atoms with Crippen molar-refractivity contribution in [2.24, 2.45) is 5.73 Å². The van der Waals surface area contributed by atoms with Crippen LogP contribution in [0.2, 0.25) is 0 Å².